The Hall–Kier alpha value is -1.15. The maximum atomic E-state index is 11.6. The molecule has 3 nitrogen and oxygen atoms in total. The number of hydrogen-bond donors (Lipinski definition) is 2. The van der Waals surface area contributed by atoms with Crippen LogP contribution in [0.1, 0.15) is 0 Å². The SMILES string of the molecule is N=C(N)OC(C(F)(F)F)C(F)(F)F. The summed E-state index contributed by atoms with van der Waals surface area (Å²) in [6, 6.07) is -1.64. The Morgan fingerprint density at radius 3 is 1.46 bits per heavy atom. The summed E-state index contributed by atoms with van der Waals surface area (Å²) in [6.07, 6.45) is -15.3. The van der Waals surface area contributed by atoms with Gasteiger partial charge in [0.25, 0.3) is 12.1 Å². The summed E-state index contributed by atoms with van der Waals surface area (Å²) in [5.74, 6) is 0. The van der Waals surface area contributed by atoms with E-state index in [4.69, 9.17) is 5.41 Å². The van der Waals surface area contributed by atoms with Gasteiger partial charge in [0, 0.05) is 0 Å². The average molecular weight is 210 g/mol. The van der Waals surface area contributed by atoms with Crippen molar-refractivity contribution in [1.29, 1.82) is 5.41 Å². The molecular weight excluding hydrogens is 206 g/mol. The van der Waals surface area contributed by atoms with Crippen LogP contribution >= 0.6 is 0 Å². The number of amidine groups is 1. The molecule has 0 fully saturated rings. The van der Waals surface area contributed by atoms with Crippen molar-refractivity contribution >= 4 is 6.02 Å². The molecule has 9 heteroatoms. The molecule has 0 saturated carbocycles. The van der Waals surface area contributed by atoms with Crippen LogP contribution in [0.4, 0.5) is 26.3 Å². The Morgan fingerprint density at radius 1 is 1.08 bits per heavy atom. The van der Waals surface area contributed by atoms with E-state index in [0.717, 1.165) is 0 Å². The second-order valence-corrected chi connectivity index (χ2v) is 1.95. The normalized spacial score (nSPS) is 13.2. The first kappa shape index (κ1) is 11.8. The predicted octanol–water partition coefficient (Wildman–Crippen LogP) is 1.39. The van der Waals surface area contributed by atoms with Gasteiger partial charge in [-0.2, -0.15) is 26.3 Å². The van der Waals surface area contributed by atoms with Gasteiger partial charge in [0.2, 0.25) is 0 Å². The summed E-state index contributed by atoms with van der Waals surface area (Å²) >= 11 is 0. The van der Waals surface area contributed by atoms with Gasteiger partial charge in [-0.1, -0.05) is 0 Å². The van der Waals surface area contributed by atoms with Crippen LogP contribution in [0.2, 0.25) is 0 Å². The zero-order chi connectivity index (χ0) is 10.9. The molecule has 0 bridgehead atoms. The van der Waals surface area contributed by atoms with Gasteiger partial charge < -0.3 is 10.5 Å². The fraction of sp³-hybridized carbons (Fsp3) is 0.750. The second-order valence-electron chi connectivity index (χ2n) is 1.95. The zero-order valence-electron chi connectivity index (χ0n) is 5.83. The molecule has 3 N–H and O–H groups in total. The molecule has 0 rings (SSSR count). The average Bonchev–Trinajstić information content (AvgIpc) is 1.77. The number of halogens is 6. The summed E-state index contributed by atoms with van der Waals surface area (Å²) in [7, 11) is 0. The third-order valence-electron chi connectivity index (χ3n) is 0.839. The van der Waals surface area contributed by atoms with Crippen LogP contribution in [0.5, 0.6) is 0 Å². The third kappa shape index (κ3) is 3.85. The molecule has 0 spiro atoms. The van der Waals surface area contributed by atoms with Crippen molar-refractivity contribution in [1.82, 2.24) is 0 Å². The first-order chi connectivity index (χ1) is 5.55. The lowest BCUT2D eigenvalue weighted by Crippen LogP contribution is -2.46. The minimum atomic E-state index is -5.64. The van der Waals surface area contributed by atoms with Crippen molar-refractivity contribution in [2.24, 2.45) is 5.73 Å². The van der Waals surface area contributed by atoms with Gasteiger partial charge in [0.1, 0.15) is 0 Å². The quantitative estimate of drug-likeness (QED) is 0.390. The molecule has 0 atom stereocenters. The summed E-state index contributed by atoms with van der Waals surface area (Å²) < 4.78 is 72.6. The Kier molecular flexibility index (Phi) is 3.01. The molecular formula is C4H4F6N2O. The highest BCUT2D eigenvalue weighted by molar-refractivity contribution is 5.67. The van der Waals surface area contributed by atoms with Crippen LogP contribution in [0.15, 0.2) is 0 Å². The van der Waals surface area contributed by atoms with Gasteiger partial charge in [-0.05, 0) is 0 Å². The Balaban J connectivity index is 4.68. The minimum absolute atomic E-state index is 1.64. The highest BCUT2D eigenvalue weighted by Gasteiger charge is 2.59. The number of ether oxygens (including phenoxy) is 1. The Labute approximate surface area is 68.0 Å². The molecule has 78 valence electrons. The summed E-state index contributed by atoms with van der Waals surface area (Å²) in [5, 5.41) is 6.14. The molecule has 0 saturated heterocycles. The Bertz CT molecular complexity index is 182. The van der Waals surface area contributed by atoms with E-state index in [0.29, 0.717) is 0 Å². The van der Waals surface area contributed by atoms with E-state index in [1.807, 2.05) is 0 Å². The molecule has 0 unspecified atom stereocenters. The second kappa shape index (κ2) is 3.30. The number of hydrogen-bond acceptors (Lipinski definition) is 2. The van der Waals surface area contributed by atoms with Crippen LogP contribution in [-0.2, 0) is 4.74 Å². The van der Waals surface area contributed by atoms with E-state index in [9.17, 15) is 26.3 Å². The molecule has 0 aliphatic rings. The summed E-state index contributed by atoms with van der Waals surface area (Å²) in [4.78, 5) is 0. The smallest absolute Gasteiger partial charge is 0.434 e. The molecule has 0 aromatic carbocycles. The molecule has 0 aliphatic carbocycles. The van der Waals surface area contributed by atoms with Crippen LogP contribution in [0.25, 0.3) is 0 Å². The van der Waals surface area contributed by atoms with Gasteiger partial charge in [0.05, 0.1) is 0 Å². The van der Waals surface area contributed by atoms with Gasteiger partial charge in [0.15, 0.2) is 0 Å². The highest BCUT2D eigenvalue weighted by atomic mass is 19.4. The summed E-state index contributed by atoms with van der Waals surface area (Å²) in [5.41, 5.74) is 4.25. The molecule has 13 heavy (non-hydrogen) atoms. The molecule has 0 radical (unpaired) electrons. The van der Waals surface area contributed by atoms with Crippen LogP contribution in [-0.4, -0.2) is 24.5 Å². The minimum Gasteiger partial charge on any atom is -0.443 e. The number of nitrogens with two attached hydrogens (primary N) is 1. The molecule has 0 amide bonds. The standard InChI is InChI=1S/C4H4F6N2O/c5-3(6,7)1(4(8,9)10)13-2(11)12/h1H,(H3,11,12). The fourth-order valence-corrected chi connectivity index (χ4v) is 0.446. The Morgan fingerprint density at radius 2 is 1.38 bits per heavy atom. The maximum Gasteiger partial charge on any atom is 0.434 e. The largest absolute Gasteiger partial charge is 0.443 e. The first-order valence-electron chi connectivity index (χ1n) is 2.69. The molecule has 0 aromatic rings. The monoisotopic (exact) mass is 210 g/mol. The summed E-state index contributed by atoms with van der Waals surface area (Å²) in [6.45, 7) is 0. The van der Waals surface area contributed by atoms with E-state index in [1.54, 1.807) is 0 Å². The maximum absolute atomic E-state index is 11.6. The zero-order valence-corrected chi connectivity index (χ0v) is 5.83. The number of alkyl halides is 6. The van der Waals surface area contributed by atoms with Crippen molar-refractivity contribution in [3.63, 3.8) is 0 Å². The van der Waals surface area contributed by atoms with E-state index < -0.39 is 24.5 Å². The van der Waals surface area contributed by atoms with E-state index in [-0.39, 0.29) is 0 Å². The number of nitrogens with one attached hydrogen (secondary N) is 1. The van der Waals surface area contributed by atoms with Crippen molar-refractivity contribution in [2.75, 3.05) is 0 Å². The highest BCUT2D eigenvalue weighted by Crippen LogP contribution is 2.35. The van der Waals surface area contributed by atoms with Crippen molar-refractivity contribution in [3.8, 4) is 0 Å². The number of rotatable bonds is 1. The van der Waals surface area contributed by atoms with E-state index >= 15 is 0 Å². The first-order valence-corrected chi connectivity index (χ1v) is 2.69. The molecule has 0 heterocycles. The van der Waals surface area contributed by atoms with Crippen LogP contribution in [0, 0.1) is 5.41 Å². The van der Waals surface area contributed by atoms with Crippen molar-refractivity contribution in [3.05, 3.63) is 0 Å². The lowest BCUT2D eigenvalue weighted by Gasteiger charge is -2.22. The van der Waals surface area contributed by atoms with Gasteiger partial charge in [-0.3, -0.25) is 5.41 Å². The van der Waals surface area contributed by atoms with E-state index in [2.05, 4.69) is 10.5 Å². The van der Waals surface area contributed by atoms with E-state index in [1.165, 1.54) is 0 Å². The third-order valence-corrected chi connectivity index (χ3v) is 0.839. The van der Waals surface area contributed by atoms with Gasteiger partial charge in [-0.25, -0.2) is 0 Å². The van der Waals surface area contributed by atoms with Gasteiger partial charge in [-0.15, -0.1) is 0 Å². The predicted molar refractivity (Wildman–Crippen MR) is 28.9 cm³/mol. The molecule has 0 aliphatic heterocycles. The fourth-order valence-electron chi connectivity index (χ4n) is 0.446. The van der Waals surface area contributed by atoms with Crippen molar-refractivity contribution < 1.29 is 31.1 Å². The van der Waals surface area contributed by atoms with Crippen LogP contribution < -0.4 is 5.73 Å². The topological polar surface area (TPSA) is 59.1 Å². The molecule has 0 aromatic heterocycles. The lowest BCUT2D eigenvalue weighted by molar-refractivity contribution is -0.304. The van der Waals surface area contributed by atoms with Crippen molar-refractivity contribution in [2.45, 2.75) is 18.5 Å². The van der Waals surface area contributed by atoms with Gasteiger partial charge >= 0.3 is 12.4 Å². The lowest BCUT2D eigenvalue weighted by atomic mass is 10.3. The van der Waals surface area contributed by atoms with Crippen LogP contribution in [0.3, 0.4) is 0 Å².